The van der Waals surface area contributed by atoms with Gasteiger partial charge in [-0.1, -0.05) is 80.1 Å². The first-order chi connectivity index (χ1) is 11.2. The lowest BCUT2D eigenvalue weighted by Crippen LogP contribution is -1.96. The molecular formula is C23H24. The van der Waals surface area contributed by atoms with Gasteiger partial charge in [0.05, 0.1) is 0 Å². The van der Waals surface area contributed by atoms with E-state index < -0.39 is 0 Å². The summed E-state index contributed by atoms with van der Waals surface area (Å²) in [6, 6.07) is 24.0. The Kier molecular flexibility index (Phi) is 4.62. The summed E-state index contributed by atoms with van der Waals surface area (Å²) in [6.45, 7) is 6.76. The van der Waals surface area contributed by atoms with Gasteiger partial charge >= 0.3 is 0 Å². The molecule has 0 aliphatic heterocycles. The molecular weight excluding hydrogens is 276 g/mol. The highest BCUT2D eigenvalue weighted by atomic mass is 14.2. The normalized spacial score (nSPS) is 10.7. The van der Waals surface area contributed by atoms with Crippen molar-refractivity contribution < 1.29 is 0 Å². The van der Waals surface area contributed by atoms with Crippen molar-refractivity contribution in [2.45, 2.75) is 33.6 Å². The highest BCUT2D eigenvalue weighted by Gasteiger charge is 2.11. The number of hydrogen-bond donors (Lipinski definition) is 0. The van der Waals surface area contributed by atoms with E-state index in [2.05, 4.69) is 87.5 Å². The second-order valence-corrected chi connectivity index (χ2v) is 6.18. The molecule has 0 aliphatic carbocycles. The van der Waals surface area contributed by atoms with E-state index in [1.165, 1.54) is 45.4 Å². The predicted octanol–water partition coefficient (Wildman–Crippen LogP) is 6.59. The van der Waals surface area contributed by atoms with Crippen LogP contribution in [0, 0.1) is 13.8 Å². The number of hydrogen-bond acceptors (Lipinski definition) is 0. The van der Waals surface area contributed by atoms with Crippen LogP contribution in [0.5, 0.6) is 0 Å². The highest BCUT2D eigenvalue weighted by Crippen LogP contribution is 2.35. The van der Waals surface area contributed by atoms with E-state index in [0.29, 0.717) is 0 Å². The first-order valence-electron chi connectivity index (χ1n) is 8.46. The van der Waals surface area contributed by atoms with Crippen molar-refractivity contribution in [1.29, 1.82) is 0 Å². The summed E-state index contributed by atoms with van der Waals surface area (Å²) in [5.74, 6) is 0. The number of aryl methyl sites for hydroxylation is 1. The Morgan fingerprint density at radius 1 is 0.609 bits per heavy atom. The molecule has 0 heterocycles. The van der Waals surface area contributed by atoms with E-state index in [0.717, 1.165) is 6.42 Å². The van der Waals surface area contributed by atoms with E-state index in [1.54, 1.807) is 0 Å². The van der Waals surface area contributed by atoms with Crippen LogP contribution < -0.4 is 0 Å². The molecule has 116 valence electrons. The molecule has 23 heavy (non-hydrogen) atoms. The molecule has 3 rings (SSSR count). The zero-order valence-electron chi connectivity index (χ0n) is 14.3. The maximum Gasteiger partial charge on any atom is -0.0103 e. The first kappa shape index (κ1) is 15.6. The van der Waals surface area contributed by atoms with Gasteiger partial charge in [0.15, 0.2) is 0 Å². The van der Waals surface area contributed by atoms with Crippen LogP contribution in [-0.2, 0) is 6.42 Å². The van der Waals surface area contributed by atoms with Gasteiger partial charge in [0.25, 0.3) is 0 Å². The van der Waals surface area contributed by atoms with Gasteiger partial charge in [0.1, 0.15) is 0 Å². The van der Waals surface area contributed by atoms with Crippen molar-refractivity contribution >= 4 is 0 Å². The topological polar surface area (TPSA) is 0 Å². The molecule has 0 atom stereocenters. The zero-order chi connectivity index (χ0) is 16.2. The standard InChI is InChI=1S/C23H24/c1-4-10-19-15-16-21(18(3)17(19)2)23-14-9-8-13-22(23)20-11-6-5-7-12-20/h5-9,11-16H,4,10H2,1-3H3. The van der Waals surface area contributed by atoms with Crippen LogP contribution in [0.4, 0.5) is 0 Å². The average molecular weight is 300 g/mol. The van der Waals surface area contributed by atoms with Crippen molar-refractivity contribution in [2.75, 3.05) is 0 Å². The van der Waals surface area contributed by atoms with Gasteiger partial charge in [-0.25, -0.2) is 0 Å². The quantitative estimate of drug-likeness (QED) is 0.510. The van der Waals surface area contributed by atoms with Crippen molar-refractivity contribution in [3.63, 3.8) is 0 Å². The maximum atomic E-state index is 2.31. The summed E-state index contributed by atoms with van der Waals surface area (Å²) in [4.78, 5) is 0. The zero-order valence-corrected chi connectivity index (χ0v) is 14.3. The molecule has 0 aromatic heterocycles. The van der Waals surface area contributed by atoms with Crippen molar-refractivity contribution in [3.8, 4) is 22.3 Å². The van der Waals surface area contributed by atoms with Crippen LogP contribution in [0.2, 0.25) is 0 Å². The highest BCUT2D eigenvalue weighted by molar-refractivity contribution is 5.85. The van der Waals surface area contributed by atoms with E-state index in [4.69, 9.17) is 0 Å². The minimum absolute atomic E-state index is 1.16. The minimum atomic E-state index is 1.16. The van der Waals surface area contributed by atoms with Crippen molar-refractivity contribution in [2.24, 2.45) is 0 Å². The van der Waals surface area contributed by atoms with Gasteiger partial charge in [-0.3, -0.25) is 0 Å². The van der Waals surface area contributed by atoms with Gasteiger partial charge < -0.3 is 0 Å². The monoisotopic (exact) mass is 300 g/mol. The molecule has 0 unspecified atom stereocenters. The Labute approximate surface area is 139 Å². The Hall–Kier alpha value is -2.34. The first-order valence-corrected chi connectivity index (χ1v) is 8.46. The van der Waals surface area contributed by atoms with Crippen LogP contribution in [-0.4, -0.2) is 0 Å². The third-order valence-electron chi connectivity index (χ3n) is 4.72. The molecule has 0 radical (unpaired) electrons. The molecule has 3 aromatic rings. The maximum absolute atomic E-state index is 2.31. The molecule has 0 heteroatoms. The lowest BCUT2D eigenvalue weighted by Gasteiger charge is -2.16. The molecule has 0 spiro atoms. The van der Waals surface area contributed by atoms with E-state index in [1.807, 2.05) is 0 Å². The molecule has 0 N–H and O–H groups in total. The Balaban J connectivity index is 2.15. The summed E-state index contributed by atoms with van der Waals surface area (Å²) < 4.78 is 0. The number of benzene rings is 3. The fraction of sp³-hybridized carbons (Fsp3) is 0.217. The minimum Gasteiger partial charge on any atom is -0.0651 e. The van der Waals surface area contributed by atoms with Crippen LogP contribution in [0.25, 0.3) is 22.3 Å². The summed E-state index contributed by atoms with van der Waals surface area (Å²) in [5, 5.41) is 0. The van der Waals surface area contributed by atoms with Crippen LogP contribution in [0.15, 0.2) is 66.7 Å². The average Bonchev–Trinajstić information content (AvgIpc) is 2.60. The van der Waals surface area contributed by atoms with Crippen LogP contribution >= 0.6 is 0 Å². The van der Waals surface area contributed by atoms with Crippen LogP contribution in [0.3, 0.4) is 0 Å². The second-order valence-electron chi connectivity index (χ2n) is 6.18. The molecule has 0 nitrogen and oxygen atoms in total. The molecule has 0 saturated carbocycles. The largest absolute Gasteiger partial charge is 0.0651 e. The van der Waals surface area contributed by atoms with Gasteiger partial charge in [0, 0.05) is 0 Å². The van der Waals surface area contributed by atoms with E-state index >= 15 is 0 Å². The summed E-state index contributed by atoms with van der Waals surface area (Å²) in [5.41, 5.74) is 9.57. The lowest BCUT2D eigenvalue weighted by atomic mass is 9.88. The van der Waals surface area contributed by atoms with E-state index in [9.17, 15) is 0 Å². The smallest absolute Gasteiger partial charge is 0.0103 e. The molecule has 0 bridgehead atoms. The van der Waals surface area contributed by atoms with E-state index in [-0.39, 0.29) is 0 Å². The molecule has 0 amide bonds. The Morgan fingerprint density at radius 3 is 1.96 bits per heavy atom. The molecule has 0 fully saturated rings. The Morgan fingerprint density at radius 2 is 1.26 bits per heavy atom. The van der Waals surface area contributed by atoms with Gasteiger partial charge in [-0.2, -0.15) is 0 Å². The van der Waals surface area contributed by atoms with Crippen molar-refractivity contribution in [3.05, 3.63) is 83.4 Å². The summed E-state index contributed by atoms with van der Waals surface area (Å²) in [6.07, 6.45) is 2.35. The second kappa shape index (κ2) is 6.83. The molecule has 3 aromatic carbocycles. The van der Waals surface area contributed by atoms with Crippen molar-refractivity contribution in [1.82, 2.24) is 0 Å². The summed E-state index contributed by atoms with van der Waals surface area (Å²) in [7, 11) is 0. The van der Waals surface area contributed by atoms with Gasteiger partial charge in [-0.05, 0) is 59.2 Å². The Bertz CT molecular complexity index is 798. The molecule has 0 saturated heterocycles. The third kappa shape index (κ3) is 3.07. The summed E-state index contributed by atoms with van der Waals surface area (Å²) >= 11 is 0. The predicted molar refractivity (Wildman–Crippen MR) is 101 cm³/mol. The fourth-order valence-electron chi connectivity index (χ4n) is 3.30. The SMILES string of the molecule is CCCc1ccc(-c2ccccc2-c2ccccc2)c(C)c1C. The fourth-order valence-corrected chi connectivity index (χ4v) is 3.30. The number of rotatable bonds is 4. The molecule has 0 aliphatic rings. The van der Waals surface area contributed by atoms with Crippen LogP contribution in [0.1, 0.15) is 30.0 Å². The van der Waals surface area contributed by atoms with Gasteiger partial charge in [-0.15, -0.1) is 0 Å². The lowest BCUT2D eigenvalue weighted by molar-refractivity contribution is 0.910. The third-order valence-corrected chi connectivity index (χ3v) is 4.72. The van der Waals surface area contributed by atoms with Gasteiger partial charge in [0.2, 0.25) is 0 Å².